The Bertz CT molecular complexity index is 6230. The number of anilines is 3. The Morgan fingerprint density at radius 2 is 1.16 bits per heavy atom. The fourth-order valence-corrected chi connectivity index (χ4v) is 15.1. The number of nitrogens with one attached hydrogen (secondary N) is 6. The number of piperidine rings is 2. The van der Waals surface area contributed by atoms with E-state index in [2.05, 4.69) is 213 Å². The standard InChI is InChI=1S/C29H30N8O3S.C16H18N4O3S.C13H4.C12H6.C9H19N.C8H5IN2O.C6H11N/c1-29(2,3)40-28(38)35(4)20-9-5-7-16-22-25(32-24(16)20)33-27(34-26(22)36-13-17-18(14-36)23(17)30)41-15-11-21-19(31-12-15)8-6-10-37(21)39;1-16(2,3)23-15(22)20(4)9-7-5-6-8-10-12(17-11(8)9)18-14(24)19-13(10)21;1-3-5-7-9-11-13-12-10-8-6-4-2;1-3-5-7-9-11-12-10-8-6-4-2;1-3-8-6-4-5-7-9(8)10-2;9-6-4-8-7(10-5-6)2-1-3-11(8)12;1-4-5-2-7-3-6(4)5/h5-12,17-18,23H,13-14,30H2,1-4H3,(H,32,33,34);5-7H,1-4H3,(H3,17,18,19,21,24);1H,2H3;1-2H3;8-10H,3-7H2,1-2H3;1-5H;4-7H,2-3H2,1H3/t17-,18+,23?;;;;8-,9-;;4?,5-,6+/m....1../s1. The zero-order valence-corrected chi connectivity index (χ0v) is 72.7. The van der Waals surface area contributed by atoms with Crippen LogP contribution in [0.4, 0.5) is 26.8 Å². The van der Waals surface area contributed by atoms with E-state index in [1.807, 2.05) is 77.9 Å². The topological polar surface area (TPSA) is 298 Å². The second-order valence-electron chi connectivity index (χ2n) is 29.9. The predicted octanol–water partition coefficient (Wildman–Crippen LogP) is 13.5. The Morgan fingerprint density at radius 3 is 1.64 bits per heavy atom. The van der Waals surface area contributed by atoms with Gasteiger partial charge in [0, 0.05) is 95.2 Å². The van der Waals surface area contributed by atoms with E-state index in [9.17, 15) is 24.8 Å². The number of nitrogens with two attached hydrogens (primary N) is 1. The molecule has 10 heterocycles. The number of rotatable bonds is 7. The molecule has 2 aromatic carbocycles. The van der Waals surface area contributed by atoms with E-state index in [4.69, 9.17) is 43.8 Å². The SMILES string of the molecule is C#CC#CC#CC#CC#CC#CC.CC#CC#CC#CC#CC#CC.CC1[C@H]2CNC[C@@H]12.CC[C@@H]1CCCC[C@H]1NC.CN(C(=O)OC(C)(C)C)c1cccc2c1[nH]c1[nH]c(=S)[nH]c(=O)c12.CN(C(=O)OC(C)(C)C)c1cccc2c1[nH]c1nc(Sc3cnc4ccc[n+]([O-])c4c3)nc(N3C[C@@H]4C(N)[C@@H]4C3)c12.[O-][n+]1cccc2ncc(I)cc21. The second-order valence-corrected chi connectivity index (χ2v) is 32.6. The van der Waals surface area contributed by atoms with Crippen molar-refractivity contribution in [1.29, 1.82) is 0 Å². The highest BCUT2D eigenvalue weighted by Gasteiger charge is 2.54. The second kappa shape index (κ2) is 43.0. The maximum absolute atomic E-state index is 12.9. The number of benzene rings is 2. The lowest BCUT2D eigenvalue weighted by atomic mass is 9.83. The first-order valence-corrected chi connectivity index (χ1v) is 40.8. The van der Waals surface area contributed by atoms with Gasteiger partial charge in [-0.2, -0.15) is 9.46 Å². The first-order chi connectivity index (χ1) is 57.1. The maximum atomic E-state index is 12.9. The molecule has 119 heavy (non-hydrogen) atoms. The number of nitrogens with zero attached hydrogens (tertiary/aromatic N) is 9. The molecule has 23 nitrogen and oxygen atoms in total. The van der Waals surface area contributed by atoms with Gasteiger partial charge in [0.15, 0.2) is 22.3 Å². The van der Waals surface area contributed by atoms with E-state index >= 15 is 0 Å². The molecule has 8 atom stereocenters. The van der Waals surface area contributed by atoms with Crippen LogP contribution >= 0.6 is 46.6 Å². The monoisotopic (exact) mass is 1740 g/mol. The van der Waals surface area contributed by atoms with Crippen LogP contribution in [0.25, 0.3) is 65.9 Å². The third kappa shape index (κ3) is 25.2. The number of aromatic nitrogens is 10. The predicted molar refractivity (Wildman–Crippen MR) is 485 cm³/mol. The summed E-state index contributed by atoms with van der Waals surface area (Å²) in [5.74, 6) is 58.4. The third-order valence-corrected chi connectivity index (χ3v) is 21.2. The van der Waals surface area contributed by atoms with Crippen LogP contribution in [0.1, 0.15) is 108 Å². The van der Waals surface area contributed by atoms with Crippen molar-refractivity contribution in [1.82, 2.24) is 50.5 Å². The van der Waals surface area contributed by atoms with Crippen LogP contribution in [0.3, 0.4) is 0 Å². The van der Waals surface area contributed by atoms with E-state index in [0.29, 0.717) is 72.5 Å². The van der Waals surface area contributed by atoms with Gasteiger partial charge >= 0.3 is 12.2 Å². The number of amides is 2. The lowest BCUT2D eigenvalue weighted by molar-refractivity contribution is -0.577. The number of terminal acetylenes is 1. The molecule has 10 aromatic rings. The maximum Gasteiger partial charge on any atom is 0.414 e. The van der Waals surface area contributed by atoms with E-state index in [0.717, 1.165) is 88.4 Å². The molecular formula is C93H93IN16O7S2. The zero-order valence-electron chi connectivity index (χ0n) is 69.0. The molecule has 8 aromatic heterocycles. The molecule has 5 fully saturated rings. The molecule has 2 unspecified atom stereocenters. The molecule has 5 aliphatic rings. The lowest BCUT2D eigenvalue weighted by Crippen LogP contribution is -2.35. The Balaban J connectivity index is 0.000000175. The van der Waals surface area contributed by atoms with Gasteiger partial charge in [-0.15, -0.1) is 6.42 Å². The van der Waals surface area contributed by atoms with Crippen molar-refractivity contribution in [2.45, 2.75) is 142 Å². The van der Waals surface area contributed by atoms with Crippen LogP contribution in [0.15, 0.2) is 112 Å². The van der Waals surface area contributed by atoms with Gasteiger partial charge in [0.1, 0.15) is 39.3 Å². The molecule has 2 saturated heterocycles. The third-order valence-electron chi connectivity index (χ3n) is 19.6. The summed E-state index contributed by atoms with van der Waals surface area (Å²) in [5.41, 5.74) is 11.1. The molecule has 2 amide bonds. The summed E-state index contributed by atoms with van der Waals surface area (Å²) in [6.07, 6.45) is 17.4. The van der Waals surface area contributed by atoms with Gasteiger partial charge in [-0.05, 0) is 308 Å². The highest BCUT2D eigenvalue weighted by molar-refractivity contribution is 14.1. The molecular weight excluding hydrogens is 1640 g/mol. The largest absolute Gasteiger partial charge is 0.618 e. The summed E-state index contributed by atoms with van der Waals surface area (Å²) in [7, 11) is 5.42. The number of halogens is 1. The number of para-hydroxylation sites is 2. The van der Waals surface area contributed by atoms with E-state index < -0.39 is 23.4 Å². The molecule has 0 radical (unpaired) electrons. The molecule has 0 bridgehead atoms. The summed E-state index contributed by atoms with van der Waals surface area (Å²) < 4.78 is 13.9. The highest BCUT2D eigenvalue weighted by atomic mass is 127. The highest BCUT2D eigenvalue weighted by Crippen LogP contribution is 2.49. The average molecular weight is 1740 g/mol. The molecule has 3 saturated carbocycles. The van der Waals surface area contributed by atoms with Crippen LogP contribution in [0.2, 0.25) is 0 Å². The lowest BCUT2D eigenvalue weighted by Gasteiger charge is -2.30. The minimum atomic E-state index is -0.620. The van der Waals surface area contributed by atoms with Crippen molar-refractivity contribution in [2.75, 3.05) is 62.0 Å². The Kier molecular flexibility index (Phi) is 32.7. The minimum absolute atomic E-state index is 0.237. The first-order valence-electron chi connectivity index (χ1n) is 38.5. The number of H-pyrrole nitrogens is 4. The zero-order chi connectivity index (χ0) is 85.9. The molecule has 15 rings (SSSR count). The number of fused-ring (bicyclic) bond motifs is 10. The molecule has 8 N–H and O–H groups in total. The van der Waals surface area contributed by atoms with Crippen LogP contribution in [-0.2, 0) is 9.47 Å². The molecule has 2 aliphatic heterocycles. The fraction of sp³-hybridized carbons (Fsp3) is 0.355. The van der Waals surface area contributed by atoms with Crippen molar-refractivity contribution in [3.8, 4) is 131 Å². The van der Waals surface area contributed by atoms with E-state index in [1.54, 1.807) is 83.7 Å². The van der Waals surface area contributed by atoms with Crippen LogP contribution in [0, 0.1) is 185 Å². The molecule has 0 spiro atoms. The van der Waals surface area contributed by atoms with Crippen molar-refractivity contribution < 1.29 is 28.5 Å². The van der Waals surface area contributed by atoms with Crippen molar-refractivity contribution in [3.63, 3.8) is 0 Å². The van der Waals surface area contributed by atoms with Crippen molar-refractivity contribution in [3.05, 3.63) is 127 Å². The summed E-state index contributed by atoms with van der Waals surface area (Å²) in [4.78, 5) is 74.1. The summed E-state index contributed by atoms with van der Waals surface area (Å²) >= 11 is 8.48. The van der Waals surface area contributed by atoms with E-state index in [-0.39, 0.29) is 16.4 Å². The fourth-order valence-electron chi connectivity index (χ4n) is 13.7. The number of hydrogen-bond acceptors (Lipinski definition) is 17. The van der Waals surface area contributed by atoms with Gasteiger partial charge in [-0.1, -0.05) is 75.1 Å². The Hall–Kier alpha value is -12.6. The van der Waals surface area contributed by atoms with Crippen molar-refractivity contribution >= 4 is 142 Å². The average Bonchev–Trinajstić information content (AvgIpc) is 1.57. The molecule has 606 valence electrons. The number of ether oxygens (including phenoxy) is 2. The van der Waals surface area contributed by atoms with Crippen LogP contribution in [0.5, 0.6) is 0 Å². The van der Waals surface area contributed by atoms with Crippen LogP contribution in [-0.4, -0.2) is 123 Å². The number of aromatic amines is 4. The van der Waals surface area contributed by atoms with Gasteiger partial charge in [0.25, 0.3) is 5.56 Å². The van der Waals surface area contributed by atoms with Gasteiger partial charge in [0.2, 0.25) is 11.0 Å². The Labute approximate surface area is 718 Å². The molecule has 3 aliphatic carbocycles. The minimum Gasteiger partial charge on any atom is -0.618 e. The van der Waals surface area contributed by atoms with E-state index in [1.165, 1.54) is 79.1 Å². The quantitative estimate of drug-likeness (QED) is 0.0195. The Morgan fingerprint density at radius 1 is 0.672 bits per heavy atom. The van der Waals surface area contributed by atoms with Crippen molar-refractivity contribution in [2.24, 2.45) is 41.2 Å². The molecule has 26 heteroatoms. The van der Waals surface area contributed by atoms with Gasteiger partial charge < -0.3 is 56.1 Å². The number of carbonyl (C=O) groups excluding carboxylic acids is 2. The first kappa shape index (κ1) is 90.3. The summed E-state index contributed by atoms with van der Waals surface area (Å²) in [6, 6.07) is 22.9. The van der Waals surface area contributed by atoms with Gasteiger partial charge in [-0.3, -0.25) is 19.6 Å². The summed E-state index contributed by atoms with van der Waals surface area (Å²) in [6.45, 7) is 25.0. The van der Waals surface area contributed by atoms with Gasteiger partial charge in [-0.25, -0.2) is 29.5 Å². The van der Waals surface area contributed by atoms with Gasteiger partial charge in [0.05, 0.1) is 33.2 Å². The number of carbonyl (C=O) groups is 2. The number of hydrogen-bond donors (Lipinski definition) is 7. The summed E-state index contributed by atoms with van der Waals surface area (Å²) in [5, 5.41) is 33.8. The normalized spacial score (nSPS) is 17.4. The smallest absolute Gasteiger partial charge is 0.414 e. The van der Waals surface area contributed by atoms with Crippen LogP contribution < -0.4 is 46.1 Å². The number of pyridine rings is 4.